The highest BCUT2D eigenvalue weighted by Gasteiger charge is 2.30. The predicted octanol–water partition coefficient (Wildman–Crippen LogP) is 3.01. The van der Waals surface area contributed by atoms with Gasteiger partial charge in [0.2, 0.25) is 0 Å². The summed E-state index contributed by atoms with van der Waals surface area (Å²) in [5.41, 5.74) is 0.792. The van der Waals surface area contributed by atoms with Crippen LogP contribution in [0.25, 0.3) is 0 Å². The molecule has 0 atom stereocenters. The van der Waals surface area contributed by atoms with Gasteiger partial charge in [0.1, 0.15) is 11.4 Å². The molecule has 0 aromatic heterocycles. The molecule has 0 amide bonds. The monoisotopic (exact) mass is 233 g/mol. The molecule has 1 aromatic rings. The van der Waals surface area contributed by atoms with Crippen LogP contribution < -0.4 is 5.32 Å². The highest BCUT2D eigenvalue weighted by molar-refractivity contribution is 8.13. The second kappa shape index (κ2) is 4.29. The molecule has 2 rings (SSSR count). The van der Waals surface area contributed by atoms with Crippen LogP contribution in [0, 0.1) is 0 Å². The number of aliphatic imine (C=N–C) groups is 2. The second-order valence-electron chi connectivity index (χ2n) is 4.11. The van der Waals surface area contributed by atoms with Crippen molar-refractivity contribution >= 4 is 28.5 Å². The molecule has 4 heteroatoms. The smallest absolute Gasteiger partial charge is 0.185 e. The van der Waals surface area contributed by atoms with Crippen molar-refractivity contribution in [3.05, 3.63) is 30.3 Å². The van der Waals surface area contributed by atoms with Gasteiger partial charge in [-0.3, -0.25) is 0 Å². The van der Waals surface area contributed by atoms with Gasteiger partial charge >= 0.3 is 0 Å². The number of amidine groups is 2. The molecule has 16 heavy (non-hydrogen) atoms. The first-order valence-electron chi connectivity index (χ1n) is 5.17. The molecule has 84 valence electrons. The Balaban J connectivity index is 2.18. The average Bonchev–Trinajstić information content (AvgIpc) is 2.55. The second-order valence-corrected chi connectivity index (χ2v) is 4.88. The summed E-state index contributed by atoms with van der Waals surface area (Å²) in [5.74, 6) is 0.906. The number of nitrogens with one attached hydrogen (secondary N) is 1. The van der Waals surface area contributed by atoms with Crippen LogP contribution in [0.4, 0.5) is 5.69 Å². The zero-order valence-corrected chi connectivity index (χ0v) is 10.5. The molecule has 0 saturated carbocycles. The quantitative estimate of drug-likeness (QED) is 0.809. The molecule has 0 fully saturated rings. The number of thioether (sulfide) groups is 1. The SMILES string of the molecule is CSC1=NC(C)(C)C(Nc2ccccc2)=N1. The summed E-state index contributed by atoms with van der Waals surface area (Å²) >= 11 is 1.57. The molecule has 0 aliphatic carbocycles. The zero-order valence-electron chi connectivity index (χ0n) is 9.69. The van der Waals surface area contributed by atoms with Crippen molar-refractivity contribution in [2.24, 2.45) is 9.98 Å². The summed E-state index contributed by atoms with van der Waals surface area (Å²) in [4.78, 5) is 9.00. The molecule has 1 heterocycles. The lowest BCUT2D eigenvalue weighted by molar-refractivity contribution is 0.716. The van der Waals surface area contributed by atoms with Crippen LogP contribution in [0.2, 0.25) is 0 Å². The van der Waals surface area contributed by atoms with E-state index in [1.54, 1.807) is 11.8 Å². The first kappa shape index (κ1) is 11.2. The summed E-state index contributed by atoms with van der Waals surface area (Å²) in [6.45, 7) is 4.12. The Hall–Kier alpha value is -1.29. The number of rotatable bonds is 1. The maximum atomic E-state index is 4.53. The molecule has 0 unspecified atom stereocenters. The third kappa shape index (κ3) is 2.27. The first-order chi connectivity index (χ1) is 7.62. The van der Waals surface area contributed by atoms with Crippen LogP contribution in [-0.4, -0.2) is 22.8 Å². The van der Waals surface area contributed by atoms with Crippen LogP contribution in [0.3, 0.4) is 0 Å². The lowest BCUT2D eigenvalue weighted by atomic mass is 10.1. The van der Waals surface area contributed by atoms with E-state index in [4.69, 9.17) is 0 Å². The molecular formula is C12H15N3S. The highest BCUT2D eigenvalue weighted by Crippen LogP contribution is 2.23. The first-order valence-corrected chi connectivity index (χ1v) is 6.39. The van der Waals surface area contributed by atoms with Gasteiger partial charge in [-0.2, -0.15) is 0 Å². The summed E-state index contributed by atoms with van der Waals surface area (Å²) < 4.78 is 0. The van der Waals surface area contributed by atoms with Crippen LogP contribution >= 0.6 is 11.8 Å². The Morgan fingerprint density at radius 1 is 1.19 bits per heavy atom. The number of benzene rings is 1. The van der Waals surface area contributed by atoms with Crippen LogP contribution in [-0.2, 0) is 0 Å². The molecule has 0 bridgehead atoms. The van der Waals surface area contributed by atoms with Gasteiger partial charge in [0.05, 0.1) is 0 Å². The number of anilines is 1. The van der Waals surface area contributed by atoms with Crippen molar-refractivity contribution in [3.8, 4) is 0 Å². The molecule has 3 nitrogen and oxygen atoms in total. The van der Waals surface area contributed by atoms with Gasteiger partial charge in [-0.05, 0) is 32.2 Å². The summed E-state index contributed by atoms with van der Waals surface area (Å²) in [5, 5.41) is 4.15. The van der Waals surface area contributed by atoms with E-state index in [9.17, 15) is 0 Å². The normalized spacial score (nSPS) is 17.9. The Labute approximate surface area is 100 Å². The van der Waals surface area contributed by atoms with E-state index >= 15 is 0 Å². The third-order valence-electron chi connectivity index (χ3n) is 2.38. The molecule has 0 spiro atoms. The van der Waals surface area contributed by atoms with Crippen molar-refractivity contribution in [1.29, 1.82) is 0 Å². The maximum Gasteiger partial charge on any atom is 0.185 e. The van der Waals surface area contributed by atoms with Gasteiger partial charge in [-0.25, -0.2) is 9.98 Å². The standard InChI is InChI=1S/C12H15N3S/c1-12(2)10(14-11(15-12)16-3)13-9-7-5-4-6-8-9/h4-8H,1-3H3,(H,13,14,15). The van der Waals surface area contributed by atoms with E-state index in [0.717, 1.165) is 16.7 Å². The van der Waals surface area contributed by atoms with Gasteiger partial charge in [0, 0.05) is 5.69 Å². The Kier molecular flexibility index (Phi) is 3.01. The topological polar surface area (TPSA) is 36.8 Å². The average molecular weight is 233 g/mol. The van der Waals surface area contributed by atoms with Crippen molar-refractivity contribution in [2.45, 2.75) is 19.4 Å². The summed E-state index contributed by atoms with van der Waals surface area (Å²) in [7, 11) is 0. The van der Waals surface area contributed by atoms with Crippen LogP contribution in [0.1, 0.15) is 13.8 Å². The van der Waals surface area contributed by atoms with Crippen LogP contribution in [0.15, 0.2) is 40.3 Å². The fraction of sp³-hybridized carbons (Fsp3) is 0.333. The van der Waals surface area contributed by atoms with Gasteiger partial charge in [0.15, 0.2) is 5.17 Å². The summed E-state index contributed by atoms with van der Waals surface area (Å²) in [6, 6.07) is 10.0. The van der Waals surface area contributed by atoms with E-state index in [1.807, 2.05) is 36.6 Å². The zero-order chi connectivity index (χ0) is 11.6. The maximum absolute atomic E-state index is 4.53. The van der Waals surface area contributed by atoms with E-state index < -0.39 is 0 Å². The van der Waals surface area contributed by atoms with Crippen molar-refractivity contribution in [3.63, 3.8) is 0 Å². The number of nitrogens with zero attached hydrogens (tertiary/aromatic N) is 2. The van der Waals surface area contributed by atoms with Gasteiger partial charge in [0.25, 0.3) is 0 Å². The molecule has 1 aliphatic heterocycles. The Bertz CT molecular complexity index is 435. The van der Waals surface area contributed by atoms with E-state index in [-0.39, 0.29) is 5.54 Å². The van der Waals surface area contributed by atoms with Gasteiger partial charge in [-0.15, -0.1) is 0 Å². The minimum Gasteiger partial charge on any atom is -0.342 e. The largest absolute Gasteiger partial charge is 0.342 e. The summed E-state index contributed by atoms with van der Waals surface area (Å²) in [6.07, 6.45) is 1.99. The van der Waals surface area contributed by atoms with Crippen molar-refractivity contribution in [1.82, 2.24) is 0 Å². The molecule has 1 aliphatic rings. The molecule has 1 N–H and O–H groups in total. The van der Waals surface area contributed by atoms with Crippen molar-refractivity contribution < 1.29 is 0 Å². The Morgan fingerprint density at radius 3 is 2.44 bits per heavy atom. The highest BCUT2D eigenvalue weighted by atomic mass is 32.2. The van der Waals surface area contributed by atoms with E-state index in [1.165, 1.54) is 0 Å². The number of hydrogen-bond donors (Lipinski definition) is 1. The molecular weight excluding hydrogens is 218 g/mol. The lowest BCUT2D eigenvalue weighted by Crippen LogP contribution is -2.32. The number of para-hydroxylation sites is 1. The van der Waals surface area contributed by atoms with Gasteiger partial charge in [-0.1, -0.05) is 30.0 Å². The van der Waals surface area contributed by atoms with Crippen molar-refractivity contribution in [2.75, 3.05) is 11.6 Å². The van der Waals surface area contributed by atoms with Gasteiger partial charge < -0.3 is 5.32 Å². The minimum absolute atomic E-state index is 0.256. The molecule has 1 aromatic carbocycles. The lowest BCUT2D eigenvalue weighted by Gasteiger charge is -2.18. The fourth-order valence-corrected chi connectivity index (χ4v) is 1.98. The molecule has 0 radical (unpaired) electrons. The predicted molar refractivity (Wildman–Crippen MR) is 72.5 cm³/mol. The molecule has 0 saturated heterocycles. The number of hydrogen-bond acceptors (Lipinski definition) is 4. The fourth-order valence-electron chi connectivity index (χ4n) is 1.48. The van der Waals surface area contributed by atoms with Crippen LogP contribution in [0.5, 0.6) is 0 Å². The third-order valence-corrected chi connectivity index (χ3v) is 2.93. The Morgan fingerprint density at radius 2 is 1.88 bits per heavy atom. The van der Waals surface area contributed by atoms with E-state index in [2.05, 4.69) is 29.1 Å². The van der Waals surface area contributed by atoms with E-state index in [0.29, 0.717) is 0 Å². The minimum atomic E-state index is -0.256.